The first-order chi connectivity index (χ1) is 41.0. The molecular formula is C42H45N29O14. The first-order valence-corrected chi connectivity index (χ1v) is 27.7. The van der Waals surface area contributed by atoms with Crippen LogP contribution >= 0.6 is 0 Å². The number of hydrogen-bond donors (Lipinski definition) is 2. The van der Waals surface area contributed by atoms with Crippen molar-refractivity contribution in [3.63, 3.8) is 0 Å². The van der Waals surface area contributed by atoms with Crippen molar-refractivity contribution in [1.82, 2.24) is 138 Å². The normalized spacial score (nSPS) is 39.5. The van der Waals surface area contributed by atoms with Crippen LogP contribution in [0, 0.1) is 0 Å². The summed E-state index contributed by atoms with van der Waals surface area (Å²) in [5.41, 5.74) is 6.34. The van der Waals surface area contributed by atoms with Crippen LogP contribution in [-0.2, 0) is 0 Å². The molecule has 0 saturated carbocycles. The summed E-state index contributed by atoms with van der Waals surface area (Å²) in [6.45, 7) is -7.33. The lowest BCUT2D eigenvalue weighted by molar-refractivity contribution is -0.0191. The van der Waals surface area contributed by atoms with Crippen molar-refractivity contribution in [3.8, 4) is 0 Å². The molecule has 0 unspecified atom stereocenters. The molecule has 0 aromatic carbocycles. The van der Waals surface area contributed by atoms with Crippen molar-refractivity contribution in [2.75, 3.05) is 93.4 Å². The third-order valence-electron chi connectivity index (χ3n) is 21.6. The summed E-state index contributed by atoms with van der Waals surface area (Å²) >= 11 is 0. The Balaban J connectivity index is 0.741. The van der Waals surface area contributed by atoms with Crippen molar-refractivity contribution >= 4 is 84.4 Å². The summed E-state index contributed by atoms with van der Waals surface area (Å²) in [6, 6.07) is -10.2. The summed E-state index contributed by atoms with van der Waals surface area (Å²) in [6.07, 6.45) is -17.4. The Bertz CT molecular complexity index is 3530. The minimum absolute atomic E-state index is 0.472. The maximum atomic E-state index is 15.4. The maximum Gasteiger partial charge on any atom is 0.326 e. The lowest BCUT2D eigenvalue weighted by Crippen LogP contribution is -2.63. The number of carbonyl (C=O) groups excluding carboxylic acids is 14. The molecule has 28 amide bonds. The molecule has 21 fully saturated rings. The van der Waals surface area contributed by atoms with Gasteiger partial charge in [-0.25, -0.2) is 67.1 Å². The molecule has 21 aliphatic heterocycles. The minimum atomic E-state index is -1.29. The molecule has 43 nitrogen and oxygen atoms in total. The van der Waals surface area contributed by atoms with E-state index in [2.05, 4.69) is 5.32 Å². The average molecular weight is 1180 g/mol. The topological polar surface area (TPSA) is 365 Å². The van der Waals surface area contributed by atoms with Crippen LogP contribution in [0.2, 0.25) is 0 Å². The van der Waals surface area contributed by atoms with Crippen molar-refractivity contribution in [3.05, 3.63) is 0 Å². The Kier molecular flexibility index (Phi) is 7.21. The molecule has 21 aliphatic rings. The standard InChI is InChI=1S/C42H45N29O14/c43-1-45-17-18-51(30(45)73)5-54-21-22-59(35(54)78)9-62-25-26-67(39(62)82)13-70-28-27-66(41(70)84)11-63-24-23-58(37(63)80)7-55-20-19-50(33(55)76)3-47-16-15(44-29(47)72)46-2-49(17)32(75)53(18)6-56(21)36(79)61(22)10-64(25)40(83)69(26)14-71(28)42(85)68(27)12-65(24)38(81)60(23)8-57(20)34(77)52(19)4-48(16)31(46)74/h15-28H,1-14,43H2,(H,44,72)/t15-,16+,17+,18-,19-,20+,21+,22-,23-,24+,25+,26-,27-,28+/m0/s1. The molecule has 85 heavy (non-hydrogen) atoms. The van der Waals surface area contributed by atoms with Crippen molar-refractivity contribution in [2.45, 2.75) is 86.3 Å². The monoisotopic (exact) mass is 1180 g/mol. The minimum Gasteiger partial charge on any atom is -0.314 e. The first-order valence-electron chi connectivity index (χ1n) is 27.7. The Morgan fingerprint density at radius 2 is 0.388 bits per heavy atom. The van der Waals surface area contributed by atoms with E-state index in [1.165, 1.54) is 132 Å². The highest BCUT2D eigenvalue weighted by molar-refractivity contribution is 5.95. The molecule has 0 aliphatic carbocycles. The molecule has 43 heteroatoms. The van der Waals surface area contributed by atoms with Gasteiger partial charge in [-0.15, -0.1) is 0 Å². The molecule has 14 bridgehead atoms. The van der Waals surface area contributed by atoms with Crippen molar-refractivity contribution in [2.24, 2.45) is 5.73 Å². The van der Waals surface area contributed by atoms with Gasteiger partial charge in [0.05, 0.1) is 6.67 Å². The van der Waals surface area contributed by atoms with Gasteiger partial charge in [-0.3, -0.25) is 132 Å². The number of urea groups is 14. The smallest absolute Gasteiger partial charge is 0.314 e. The van der Waals surface area contributed by atoms with Gasteiger partial charge in [0.15, 0.2) is 80.2 Å². The first kappa shape index (κ1) is 45.3. The van der Waals surface area contributed by atoms with E-state index >= 15 is 57.5 Å². The number of hydrogen-bond acceptors (Lipinski definition) is 15. The molecule has 14 atom stereocenters. The van der Waals surface area contributed by atoms with Crippen LogP contribution in [-0.4, -0.2) is 396 Å². The summed E-state index contributed by atoms with van der Waals surface area (Å²) < 4.78 is 0. The zero-order valence-electron chi connectivity index (χ0n) is 43.8. The molecule has 21 rings (SSSR count). The summed E-state index contributed by atoms with van der Waals surface area (Å²) in [5.74, 6) is 0. The molecule has 0 aromatic rings. The van der Waals surface area contributed by atoms with E-state index in [-0.39, 0.29) is 0 Å². The predicted molar refractivity (Wildman–Crippen MR) is 254 cm³/mol. The molecule has 21 saturated heterocycles. The van der Waals surface area contributed by atoms with Gasteiger partial charge in [0.1, 0.15) is 92.9 Å². The second-order valence-electron chi connectivity index (χ2n) is 24.7. The molecular weight excluding hydrogens is 1130 g/mol. The van der Waals surface area contributed by atoms with Gasteiger partial charge in [-0.05, 0) is 0 Å². The number of carbonyl (C=O) groups is 14. The number of amides is 28. The Morgan fingerprint density at radius 1 is 0.224 bits per heavy atom. The van der Waals surface area contributed by atoms with E-state index in [4.69, 9.17) is 5.73 Å². The van der Waals surface area contributed by atoms with E-state index in [1.807, 2.05) is 0 Å². The number of nitrogens with two attached hydrogens (primary N) is 1. The van der Waals surface area contributed by atoms with Gasteiger partial charge < -0.3 is 11.1 Å². The molecule has 0 spiro atoms. The van der Waals surface area contributed by atoms with Crippen LogP contribution < -0.4 is 11.1 Å². The Hall–Kier alpha value is -10.3. The highest BCUT2D eigenvalue weighted by Gasteiger charge is 2.76. The second-order valence-corrected chi connectivity index (χ2v) is 24.7. The Labute approximate surface area is 473 Å². The average Bonchev–Trinajstić information content (AvgIpc) is 2.73. The molecule has 21 heterocycles. The van der Waals surface area contributed by atoms with E-state index in [9.17, 15) is 9.59 Å². The second kappa shape index (κ2) is 13.5. The fourth-order valence-electron chi connectivity index (χ4n) is 18.2. The predicted octanol–water partition coefficient (Wildman–Crippen LogP) is -7.38. The van der Waals surface area contributed by atoms with Crippen LogP contribution in [0.25, 0.3) is 0 Å². The Morgan fingerprint density at radius 3 is 0.624 bits per heavy atom. The van der Waals surface area contributed by atoms with E-state index in [1.54, 1.807) is 0 Å². The lowest BCUT2D eigenvalue weighted by atomic mass is 10.3. The number of rotatable bonds is 1. The zero-order chi connectivity index (χ0) is 57.4. The number of fused-ring (bicyclic) bond motifs is 4. The van der Waals surface area contributed by atoms with Crippen LogP contribution in [0.4, 0.5) is 67.1 Å². The maximum absolute atomic E-state index is 15.4. The van der Waals surface area contributed by atoms with Crippen molar-refractivity contribution < 1.29 is 67.1 Å². The van der Waals surface area contributed by atoms with Gasteiger partial charge in [0.25, 0.3) is 0 Å². The fraction of sp³-hybridized carbons (Fsp3) is 0.667. The van der Waals surface area contributed by atoms with Crippen LogP contribution in [0.3, 0.4) is 0 Å². The van der Waals surface area contributed by atoms with E-state index in [0.717, 1.165) is 0 Å². The molecule has 3 N–H and O–H groups in total. The van der Waals surface area contributed by atoms with Gasteiger partial charge >= 0.3 is 84.4 Å². The summed E-state index contributed by atoms with van der Waals surface area (Å²) in [7, 11) is 0. The molecule has 0 aromatic heterocycles. The van der Waals surface area contributed by atoms with Gasteiger partial charge in [0, 0.05) is 0 Å². The van der Waals surface area contributed by atoms with Crippen LogP contribution in [0.15, 0.2) is 0 Å². The van der Waals surface area contributed by atoms with Crippen LogP contribution in [0.5, 0.6) is 0 Å². The highest BCUT2D eigenvalue weighted by atomic mass is 16.3. The van der Waals surface area contributed by atoms with E-state index in [0.29, 0.717) is 0 Å². The van der Waals surface area contributed by atoms with E-state index < -0.39 is 264 Å². The number of nitrogens with one attached hydrogen (secondary N) is 1. The third kappa shape index (κ3) is 4.46. The fourth-order valence-corrected chi connectivity index (χ4v) is 18.2. The summed E-state index contributed by atoms with van der Waals surface area (Å²) in [5, 5.41) is 2.83. The SMILES string of the molecule is NCN1C(=O)N2CN3C(=O)N4CN5C(=O)N6CN7C(=O)N8CN9C(=O)N%10CN%11C(=O)N%12CN%13C(=O)N[C@@H]%14[C@H]%13N%13CN%15C(=O)N(CN%16C(=O)N(CN%17C(=O)N(CN%18C(=O)N(CN%19C(=O)N(CN%20C(=O)N(CN%14C%13=O)[C@@H]1[C@@H]2%20)[C@@H]3[C@@H]4%19)[C@@H]5[C@@H]6%18)[C@@H]7[C@@H]8%17)[C@@H]9[C@@H]%10%16)[C@@H]%11[C@@H]%12%15. The lowest BCUT2D eigenvalue weighted by Gasteiger charge is -2.42. The van der Waals surface area contributed by atoms with Gasteiger partial charge in [-0.1, -0.05) is 0 Å². The zero-order valence-corrected chi connectivity index (χ0v) is 43.8. The summed E-state index contributed by atoms with van der Waals surface area (Å²) in [4.78, 5) is 247. The quantitative estimate of drug-likeness (QED) is 0.246. The largest absolute Gasteiger partial charge is 0.326 e. The molecule has 0 radical (unpaired) electrons. The third-order valence-corrected chi connectivity index (χ3v) is 21.6. The van der Waals surface area contributed by atoms with Crippen LogP contribution in [0.1, 0.15) is 0 Å². The number of nitrogens with zero attached hydrogens (tertiary/aromatic N) is 27. The van der Waals surface area contributed by atoms with Crippen molar-refractivity contribution in [1.29, 1.82) is 0 Å². The van der Waals surface area contributed by atoms with Gasteiger partial charge in [-0.2, -0.15) is 0 Å². The molecule has 442 valence electrons. The highest BCUT2D eigenvalue weighted by Crippen LogP contribution is 2.51. The van der Waals surface area contributed by atoms with Gasteiger partial charge in [0.2, 0.25) is 0 Å².